The predicted molar refractivity (Wildman–Crippen MR) is 67.4 cm³/mol. The molecule has 1 aromatic rings. The lowest BCUT2D eigenvalue weighted by Crippen LogP contribution is -2.17. The summed E-state index contributed by atoms with van der Waals surface area (Å²) in [4.78, 5) is 23.8. The second-order valence-electron chi connectivity index (χ2n) is 4.41. The summed E-state index contributed by atoms with van der Waals surface area (Å²) in [5.41, 5.74) is 1.90. The van der Waals surface area contributed by atoms with Crippen LogP contribution in [0.25, 0.3) is 5.57 Å². The van der Waals surface area contributed by atoms with Crippen molar-refractivity contribution in [2.75, 3.05) is 0 Å². The van der Waals surface area contributed by atoms with Crippen LogP contribution in [0.1, 0.15) is 19.4 Å². The first-order valence-electron chi connectivity index (χ1n) is 5.67. The molecule has 17 heavy (non-hydrogen) atoms. The summed E-state index contributed by atoms with van der Waals surface area (Å²) in [6, 6.07) is 9.31. The Kier molecular flexibility index (Phi) is 3.05. The van der Waals surface area contributed by atoms with Crippen LogP contribution < -0.4 is 0 Å². The zero-order chi connectivity index (χ0) is 12.4. The molecule has 1 aromatic carbocycles. The Labute approximate surface area is 101 Å². The second-order valence-corrected chi connectivity index (χ2v) is 4.41. The lowest BCUT2D eigenvalue weighted by Gasteiger charge is -2.16. The van der Waals surface area contributed by atoms with Gasteiger partial charge in [0.1, 0.15) is 0 Å². The fraction of sp³-hybridized carbons (Fsp3) is 0.200. The van der Waals surface area contributed by atoms with E-state index in [2.05, 4.69) is 0 Å². The predicted octanol–water partition coefficient (Wildman–Crippen LogP) is 2.80. The molecule has 0 saturated heterocycles. The zero-order valence-corrected chi connectivity index (χ0v) is 9.94. The molecule has 1 aliphatic rings. The van der Waals surface area contributed by atoms with E-state index in [0.717, 1.165) is 5.56 Å². The Morgan fingerprint density at radius 2 is 1.59 bits per heavy atom. The fourth-order valence-corrected chi connectivity index (χ4v) is 1.88. The maximum absolute atomic E-state index is 12.2. The van der Waals surface area contributed by atoms with Crippen LogP contribution >= 0.6 is 0 Å². The van der Waals surface area contributed by atoms with Crippen LogP contribution in [0.2, 0.25) is 0 Å². The van der Waals surface area contributed by atoms with E-state index in [1.165, 1.54) is 12.2 Å². The maximum Gasteiger partial charge on any atom is 0.190 e. The van der Waals surface area contributed by atoms with Gasteiger partial charge >= 0.3 is 0 Å². The Morgan fingerprint density at radius 1 is 0.941 bits per heavy atom. The van der Waals surface area contributed by atoms with Crippen LogP contribution in [0.5, 0.6) is 0 Å². The highest BCUT2D eigenvalue weighted by Crippen LogP contribution is 2.26. The molecule has 1 aliphatic carbocycles. The summed E-state index contributed by atoms with van der Waals surface area (Å²) in [7, 11) is 0. The molecule has 0 aliphatic heterocycles. The van der Waals surface area contributed by atoms with Gasteiger partial charge in [-0.15, -0.1) is 0 Å². The lowest BCUT2D eigenvalue weighted by atomic mass is 9.86. The van der Waals surface area contributed by atoms with E-state index >= 15 is 0 Å². The van der Waals surface area contributed by atoms with E-state index < -0.39 is 0 Å². The Bertz CT molecular complexity index is 519. The average Bonchev–Trinajstić information content (AvgIpc) is 2.32. The number of ketones is 2. The number of allylic oxidation sites excluding steroid dienone is 4. The third-order valence-electron chi connectivity index (χ3n) is 2.80. The van der Waals surface area contributed by atoms with Gasteiger partial charge in [-0.2, -0.15) is 0 Å². The van der Waals surface area contributed by atoms with Crippen LogP contribution in [0.3, 0.4) is 0 Å². The molecule has 0 bridgehead atoms. The van der Waals surface area contributed by atoms with Crippen molar-refractivity contribution in [2.24, 2.45) is 5.92 Å². The number of carbonyl (C=O) groups is 2. The molecule has 0 radical (unpaired) electrons. The molecule has 0 N–H and O–H groups in total. The highest BCUT2D eigenvalue weighted by Gasteiger charge is 2.24. The van der Waals surface area contributed by atoms with Gasteiger partial charge in [0, 0.05) is 11.1 Å². The van der Waals surface area contributed by atoms with E-state index in [4.69, 9.17) is 0 Å². The van der Waals surface area contributed by atoms with Gasteiger partial charge in [-0.3, -0.25) is 9.59 Å². The summed E-state index contributed by atoms with van der Waals surface area (Å²) in [5.74, 6) is -0.0724. The van der Waals surface area contributed by atoms with Crippen molar-refractivity contribution in [3.8, 4) is 0 Å². The molecule has 0 unspecified atom stereocenters. The van der Waals surface area contributed by atoms with E-state index in [9.17, 15) is 9.59 Å². The lowest BCUT2D eigenvalue weighted by molar-refractivity contribution is -0.114. The SMILES string of the molecule is CC(C)C1=CC(=O)C=C(c2ccccc2)C1=O. The zero-order valence-electron chi connectivity index (χ0n) is 9.94. The number of benzene rings is 1. The van der Waals surface area contributed by atoms with Crippen molar-refractivity contribution in [3.05, 3.63) is 53.6 Å². The van der Waals surface area contributed by atoms with Crippen molar-refractivity contribution in [3.63, 3.8) is 0 Å². The Balaban J connectivity index is 2.44. The Hall–Kier alpha value is -1.96. The van der Waals surface area contributed by atoms with Gasteiger partial charge in [-0.25, -0.2) is 0 Å². The van der Waals surface area contributed by atoms with Gasteiger partial charge in [0.2, 0.25) is 0 Å². The normalized spacial score (nSPS) is 15.9. The highest BCUT2D eigenvalue weighted by atomic mass is 16.1. The van der Waals surface area contributed by atoms with Crippen LogP contribution in [-0.2, 0) is 9.59 Å². The summed E-state index contributed by atoms with van der Waals surface area (Å²) in [6.45, 7) is 3.84. The average molecular weight is 226 g/mol. The standard InChI is InChI=1S/C15H14O2/c1-10(2)13-8-12(16)9-14(15(13)17)11-6-4-3-5-7-11/h3-10H,1-2H3. The number of Topliss-reactive ketones (excluding diaryl/α,β-unsaturated/α-hetero) is 1. The van der Waals surface area contributed by atoms with Crippen molar-refractivity contribution < 1.29 is 9.59 Å². The van der Waals surface area contributed by atoms with Crippen molar-refractivity contribution in [1.82, 2.24) is 0 Å². The monoisotopic (exact) mass is 226 g/mol. The molecule has 2 rings (SSSR count). The number of hydrogen-bond acceptors (Lipinski definition) is 2. The second kappa shape index (κ2) is 4.50. The van der Waals surface area contributed by atoms with Gasteiger partial charge in [-0.1, -0.05) is 44.2 Å². The fourth-order valence-electron chi connectivity index (χ4n) is 1.88. The van der Waals surface area contributed by atoms with Crippen LogP contribution in [0.15, 0.2) is 48.1 Å². The molecule has 2 nitrogen and oxygen atoms in total. The quantitative estimate of drug-likeness (QED) is 0.727. The van der Waals surface area contributed by atoms with E-state index in [1.807, 2.05) is 44.2 Å². The molecule has 0 saturated carbocycles. The largest absolute Gasteiger partial charge is 0.290 e. The van der Waals surface area contributed by atoms with E-state index in [0.29, 0.717) is 11.1 Å². The summed E-state index contributed by atoms with van der Waals surface area (Å²) in [6.07, 6.45) is 2.86. The first-order chi connectivity index (χ1) is 8.09. The number of rotatable bonds is 2. The van der Waals surface area contributed by atoms with E-state index in [-0.39, 0.29) is 17.5 Å². The molecule has 0 heterocycles. The first kappa shape index (κ1) is 11.5. The molecule has 0 fully saturated rings. The van der Waals surface area contributed by atoms with Crippen molar-refractivity contribution >= 4 is 17.1 Å². The summed E-state index contributed by atoms with van der Waals surface area (Å²) in [5, 5.41) is 0. The van der Waals surface area contributed by atoms with Gasteiger partial charge < -0.3 is 0 Å². The van der Waals surface area contributed by atoms with Gasteiger partial charge in [-0.05, 0) is 23.6 Å². The number of carbonyl (C=O) groups excluding carboxylic acids is 2. The third-order valence-corrected chi connectivity index (χ3v) is 2.80. The summed E-state index contributed by atoms with van der Waals surface area (Å²) < 4.78 is 0. The topological polar surface area (TPSA) is 34.1 Å². The van der Waals surface area contributed by atoms with E-state index in [1.54, 1.807) is 0 Å². The Morgan fingerprint density at radius 3 is 2.18 bits per heavy atom. The van der Waals surface area contributed by atoms with Gasteiger partial charge in [0.25, 0.3) is 0 Å². The minimum Gasteiger partial charge on any atom is -0.290 e. The highest BCUT2D eigenvalue weighted by molar-refractivity contribution is 6.36. The molecule has 0 amide bonds. The van der Waals surface area contributed by atoms with Gasteiger partial charge in [0.15, 0.2) is 11.6 Å². The van der Waals surface area contributed by atoms with Crippen molar-refractivity contribution in [1.29, 1.82) is 0 Å². The third kappa shape index (κ3) is 2.26. The van der Waals surface area contributed by atoms with Crippen LogP contribution in [0, 0.1) is 5.92 Å². The van der Waals surface area contributed by atoms with Gasteiger partial charge in [0.05, 0.1) is 0 Å². The molecule has 0 spiro atoms. The molecule has 0 atom stereocenters. The minimum absolute atomic E-state index is 0.0363. The maximum atomic E-state index is 12.2. The van der Waals surface area contributed by atoms with Crippen LogP contribution in [0.4, 0.5) is 0 Å². The first-order valence-corrected chi connectivity index (χ1v) is 5.67. The molecule has 0 aromatic heterocycles. The smallest absolute Gasteiger partial charge is 0.190 e. The molecule has 2 heteroatoms. The minimum atomic E-state index is -0.104. The molecular weight excluding hydrogens is 212 g/mol. The summed E-state index contributed by atoms with van der Waals surface area (Å²) >= 11 is 0. The molecule has 86 valence electrons. The number of hydrogen-bond donors (Lipinski definition) is 0. The van der Waals surface area contributed by atoms with Crippen molar-refractivity contribution in [2.45, 2.75) is 13.8 Å². The molecular formula is C15H14O2. The van der Waals surface area contributed by atoms with Crippen LogP contribution in [-0.4, -0.2) is 11.6 Å².